The van der Waals surface area contributed by atoms with E-state index in [4.69, 9.17) is 16.7 Å². The summed E-state index contributed by atoms with van der Waals surface area (Å²) in [7, 11) is 0. The highest BCUT2D eigenvalue weighted by atomic mass is 35.5. The van der Waals surface area contributed by atoms with Gasteiger partial charge in [-0.05, 0) is 25.0 Å². The molecule has 0 aliphatic rings. The van der Waals surface area contributed by atoms with Crippen LogP contribution in [0.4, 0.5) is 0 Å². The van der Waals surface area contributed by atoms with Crippen LogP contribution < -0.4 is 0 Å². The molecule has 114 valence electrons. The van der Waals surface area contributed by atoms with Gasteiger partial charge < -0.3 is 9.67 Å². The Bertz CT molecular complexity index is 642. The molecule has 1 aromatic carbocycles. The number of imidazole rings is 1. The Hall–Kier alpha value is -1.20. The summed E-state index contributed by atoms with van der Waals surface area (Å²) in [6.45, 7) is 4.28. The number of nitrogens with zero attached hydrogens (tertiary/aromatic N) is 2. The fourth-order valence-electron chi connectivity index (χ4n) is 2.50. The molecule has 6 heteroatoms. The van der Waals surface area contributed by atoms with Crippen molar-refractivity contribution < 1.29 is 9.90 Å². The molecule has 0 spiro atoms. The minimum absolute atomic E-state index is 0.00347. The summed E-state index contributed by atoms with van der Waals surface area (Å²) in [6.07, 6.45) is 3.05. The van der Waals surface area contributed by atoms with Gasteiger partial charge in [-0.1, -0.05) is 49.7 Å². The highest BCUT2D eigenvalue weighted by molar-refractivity contribution is 7.99. The maximum atomic E-state index is 10.8. The van der Waals surface area contributed by atoms with Gasteiger partial charge in [-0.15, -0.1) is 0 Å². The predicted molar refractivity (Wildman–Crippen MR) is 87.3 cm³/mol. The first kappa shape index (κ1) is 16.2. The summed E-state index contributed by atoms with van der Waals surface area (Å²) in [5, 5.41) is 10.3. The van der Waals surface area contributed by atoms with Crippen molar-refractivity contribution in [3.05, 3.63) is 23.2 Å². The third-order valence-corrected chi connectivity index (χ3v) is 4.65. The van der Waals surface area contributed by atoms with Gasteiger partial charge in [0.25, 0.3) is 0 Å². The number of carboxylic acids is 1. The molecule has 0 saturated carbocycles. The quantitative estimate of drug-likeness (QED) is 0.754. The molecule has 1 aromatic heterocycles. The topological polar surface area (TPSA) is 55.1 Å². The van der Waals surface area contributed by atoms with Crippen molar-refractivity contribution in [2.45, 2.75) is 44.3 Å². The molecule has 0 fully saturated rings. The average Bonchev–Trinajstić information content (AvgIpc) is 2.82. The van der Waals surface area contributed by atoms with Crippen LogP contribution in [0.5, 0.6) is 0 Å². The fraction of sp³-hybridized carbons (Fsp3) is 0.467. The fourth-order valence-corrected chi connectivity index (χ4v) is 3.56. The third kappa shape index (κ3) is 3.52. The Kier molecular flexibility index (Phi) is 5.53. The second kappa shape index (κ2) is 7.18. The monoisotopic (exact) mass is 326 g/mol. The van der Waals surface area contributed by atoms with Crippen molar-refractivity contribution in [2.24, 2.45) is 0 Å². The second-order valence-corrected chi connectivity index (χ2v) is 6.25. The van der Waals surface area contributed by atoms with Crippen molar-refractivity contribution in [3.8, 4) is 0 Å². The zero-order chi connectivity index (χ0) is 15.4. The number of halogens is 1. The van der Waals surface area contributed by atoms with Crippen molar-refractivity contribution >= 4 is 40.4 Å². The van der Waals surface area contributed by atoms with Gasteiger partial charge in [0.1, 0.15) is 0 Å². The molecule has 0 aliphatic carbocycles. The van der Waals surface area contributed by atoms with Gasteiger partial charge in [0, 0.05) is 6.04 Å². The molecular weight excluding hydrogens is 308 g/mol. The maximum Gasteiger partial charge on any atom is 0.313 e. The van der Waals surface area contributed by atoms with E-state index in [1.165, 1.54) is 11.8 Å². The Morgan fingerprint density at radius 2 is 2.24 bits per heavy atom. The van der Waals surface area contributed by atoms with Crippen LogP contribution in [0.2, 0.25) is 5.02 Å². The lowest BCUT2D eigenvalue weighted by atomic mass is 10.1. The molecule has 0 amide bonds. The molecule has 1 N–H and O–H groups in total. The summed E-state index contributed by atoms with van der Waals surface area (Å²) >= 11 is 7.61. The van der Waals surface area contributed by atoms with Gasteiger partial charge in [-0.25, -0.2) is 4.98 Å². The molecule has 1 heterocycles. The third-order valence-electron chi connectivity index (χ3n) is 3.41. The SMILES string of the molecule is CCCC(CC)n1c(SCC(=O)O)nc2cccc(Cl)c21. The number of para-hydroxylation sites is 1. The van der Waals surface area contributed by atoms with E-state index in [1.807, 2.05) is 18.2 Å². The molecule has 4 nitrogen and oxygen atoms in total. The number of fused-ring (bicyclic) bond motifs is 1. The first-order valence-corrected chi connectivity index (χ1v) is 8.45. The molecule has 2 aromatic rings. The normalized spacial score (nSPS) is 12.7. The molecule has 21 heavy (non-hydrogen) atoms. The van der Waals surface area contributed by atoms with Gasteiger partial charge in [0.05, 0.1) is 21.8 Å². The van der Waals surface area contributed by atoms with Gasteiger partial charge in [0.15, 0.2) is 5.16 Å². The van der Waals surface area contributed by atoms with Crippen molar-refractivity contribution in [2.75, 3.05) is 5.75 Å². The van der Waals surface area contributed by atoms with Crippen LogP contribution in [0.15, 0.2) is 23.4 Å². The largest absolute Gasteiger partial charge is 0.481 e. The lowest BCUT2D eigenvalue weighted by molar-refractivity contribution is -0.133. The van der Waals surface area contributed by atoms with E-state index in [9.17, 15) is 4.79 Å². The van der Waals surface area contributed by atoms with E-state index in [-0.39, 0.29) is 11.8 Å². The lowest BCUT2D eigenvalue weighted by Gasteiger charge is -2.19. The minimum atomic E-state index is -0.840. The van der Waals surface area contributed by atoms with E-state index in [2.05, 4.69) is 23.4 Å². The smallest absolute Gasteiger partial charge is 0.313 e. The Morgan fingerprint density at radius 1 is 1.48 bits per heavy atom. The van der Waals surface area contributed by atoms with Crippen molar-refractivity contribution in [3.63, 3.8) is 0 Å². The summed E-state index contributed by atoms with van der Waals surface area (Å²) in [5.41, 5.74) is 1.73. The number of aromatic nitrogens is 2. The first-order valence-electron chi connectivity index (χ1n) is 7.09. The number of aliphatic carboxylic acids is 1. The van der Waals surface area contributed by atoms with E-state index >= 15 is 0 Å². The molecule has 0 saturated heterocycles. The van der Waals surface area contributed by atoms with E-state index < -0.39 is 5.97 Å². The molecule has 1 unspecified atom stereocenters. The van der Waals surface area contributed by atoms with E-state index in [1.54, 1.807) is 0 Å². The molecule has 2 rings (SSSR count). The van der Waals surface area contributed by atoms with Crippen LogP contribution in [-0.2, 0) is 4.79 Å². The maximum absolute atomic E-state index is 10.8. The predicted octanol–water partition coefficient (Wildman–Crippen LogP) is 4.62. The number of carboxylic acid groups (broad SMARTS) is 1. The van der Waals surface area contributed by atoms with Crippen LogP contribution in [-0.4, -0.2) is 26.4 Å². The van der Waals surface area contributed by atoms with Gasteiger partial charge in [-0.3, -0.25) is 4.79 Å². The minimum Gasteiger partial charge on any atom is -0.481 e. The van der Waals surface area contributed by atoms with Crippen LogP contribution in [0.1, 0.15) is 39.2 Å². The first-order chi connectivity index (χ1) is 10.1. The molecule has 0 bridgehead atoms. The molecule has 0 radical (unpaired) electrons. The summed E-state index contributed by atoms with van der Waals surface area (Å²) < 4.78 is 2.12. The van der Waals surface area contributed by atoms with Gasteiger partial charge in [-0.2, -0.15) is 0 Å². The number of hydrogen-bond acceptors (Lipinski definition) is 3. The number of carbonyl (C=O) groups is 1. The number of benzene rings is 1. The van der Waals surface area contributed by atoms with Crippen molar-refractivity contribution in [1.82, 2.24) is 9.55 Å². The number of thioether (sulfide) groups is 1. The lowest BCUT2D eigenvalue weighted by Crippen LogP contribution is -2.10. The highest BCUT2D eigenvalue weighted by Gasteiger charge is 2.20. The second-order valence-electron chi connectivity index (χ2n) is 4.91. The van der Waals surface area contributed by atoms with Crippen LogP contribution >= 0.6 is 23.4 Å². The zero-order valence-corrected chi connectivity index (χ0v) is 13.7. The Morgan fingerprint density at radius 3 is 2.86 bits per heavy atom. The number of rotatable bonds is 7. The standard InChI is InChI=1S/C15H19ClN2O2S/c1-3-6-10(4-2)18-14-11(16)7-5-8-12(14)17-15(18)21-9-13(19)20/h5,7-8,10H,3-4,6,9H2,1-2H3,(H,19,20). The van der Waals surface area contributed by atoms with Gasteiger partial charge >= 0.3 is 5.97 Å². The summed E-state index contributed by atoms with van der Waals surface area (Å²) in [4.78, 5) is 15.4. The van der Waals surface area contributed by atoms with Crippen LogP contribution in [0.3, 0.4) is 0 Å². The Balaban J connectivity index is 2.55. The molecule has 1 atom stereocenters. The van der Waals surface area contributed by atoms with Crippen LogP contribution in [0.25, 0.3) is 11.0 Å². The summed E-state index contributed by atoms with van der Waals surface area (Å²) in [6, 6.07) is 5.93. The van der Waals surface area contributed by atoms with Gasteiger partial charge in [0.2, 0.25) is 0 Å². The van der Waals surface area contributed by atoms with E-state index in [0.717, 1.165) is 35.5 Å². The van der Waals surface area contributed by atoms with Crippen molar-refractivity contribution in [1.29, 1.82) is 0 Å². The average molecular weight is 327 g/mol. The molecular formula is C15H19ClN2O2S. The van der Waals surface area contributed by atoms with Crippen LogP contribution in [0, 0.1) is 0 Å². The summed E-state index contributed by atoms with van der Waals surface area (Å²) in [5.74, 6) is -0.836. The highest BCUT2D eigenvalue weighted by Crippen LogP contribution is 2.34. The number of hydrogen-bond donors (Lipinski definition) is 1. The Labute approximate surface area is 133 Å². The van der Waals surface area contributed by atoms with E-state index in [0.29, 0.717) is 5.02 Å². The zero-order valence-electron chi connectivity index (χ0n) is 12.2. The molecule has 0 aliphatic heterocycles.